The smallest absolute Gasteiger partial charge is 0.221 e. The summed E-state index contributed by atoms with van der Waals surface area (Å²) in [5.74, 6) is 0.0428. The number of rotatable bonds is 5. The van der Waals surface area contributed by atoms with Gasteiger partial charge in [-0.25, -0.2) is 0 Å². The summed E-state index contributed by atoms with van der Waals surface area (Å²) in [6, 6.07) is 0.378. The number of carbonyl (C=O) groups excluding carboxylic acids is 2. The Balaban J connectivity index is 2.05. The predicted octanol–water partition coefficient (Wildman–Crippen LogP) is 0.181. The van der Waals surface area contributed by atoms with Crippen LogP contribution in [0.2, 0.25) is 0 Å². The summed E-state index contributed by atoms with van der Waals surface area (Å²) in [4.78, 5) is 21.1. The van der Waals surface area contributed by atoms with Crippen LogP contribution >= 0.6 is 0 Å². The molecule has 4 nitrogen and oxygen atoms in total. The number of hydrogen-bond donors (Lipinski definition) is 2. The van der Waals surface area contributed by atoms with Crippen molar-refractivity contribution in [2.24, 2.45) is 0 Å². The van der Waals surface area contributed by atoms with Crippen LogP contribution in [0, 0.1) is 0 Å². The molecule has 13 heavy (non-hydrogen) atoms. The highest BCUT2D eigenvalue weighted by atomic mass is 16.1. The van der Waals surface area contributed by atoms with E-state index in [2.05, 4.69) is 10.6 Å². The summed E-state index contributed by atoms with van der Waals surface area (Å²) < 4.78 is 0. The lowest BCUT2D eigenvalue weighted by Gasteiger charge is -2.11. The lowest BCUT2D eigenvalue weighted by atomic mass is 10.2. The Morgan fingerprint density at radius 1 is 1.38 bits per heavy atom. The maximum Gasteiger partial charge on any atom is 0.221 e. The Kier molecular flexibility index (Phi) is 4.29. The highest BCUT2D eigenvalue weighted by Crippen LogP contribution is 2.17. The topological polar surface area (TPSA) is 58.2 Å². The second kappa shape index (κ2) is 5.56. The fourth-order valence-corrected chi connectivity index (χ4v) is 1.61. The van der Waals surface area contributed by atoms with Crippen molar-refractivity contribution in [2.45, 2.75) is 38.1 Å². The SMILES string of the molecule is O=CNCCC(=O)NC1CCCC1. The van der Waals surface area contributed by atoms with E-state index in [-0.39, 0.29) is 5.91 Å². The molecule has 1 aliphatic rings. The van der Waals surface area contributed by atoms with Gasteiger partial charge in [0.1, 0.15) is 0 Å². The molecular weight excluding hydrogens is 168 g/mol. The monoisotopic (exact) mass is 184 g/mol. The molecule has 1 saturated carbocycles. The quantitative estimate of drug-likeness (QED) is 0.473. The van der Waals surface area contributed by atoms with Gasteiger partial charge in [0.25, 0.3) is 0 Å². The lowest BCUT2D eigenvalue weighted by molar-refractivity contribution is -0.121. The van der Waals surface area contributed by atoms with Gasteiger partial charge in [0.05, 0.1) is 0 Å². The van der Waals surface area contributed by atoms with Gasteiger partial charge < -0.3 is 10.6 Å². The predicted molar refractivity (Wildman–Crippen MR) is 49.1 cm³/mol. The maximum absolute atomic E-state index is 11.2. The van der Waals surface area contributed by atoms with Crippen LogP contribution in [0.25, 0.3) is 0 Å². The van der Waals surface area contributed by atoms with Gasteiger partial charge in [-0.15, -0.1) is 0 Å². The van der Waals surface area contributed by atoms with Crippen molar-refractivity contribution in [1.82, 2.24) is 10.6 Å². The highest BCUT2D eigenvalue weighted by molar-refractivity contribution is 5.76. The largest absolute Gasteiger partial charge is 0.358 e. The number of nitrogens with one attached hydrogen (secondary N) is 2. The fourth-order valence-electron chi connectivity index (χ4n) is 1.61. The van der Waals surface area contributed by atoms with Gasteiger partial charge >= 0.3 is 0 Å². The third kappa shape index (κ3) is 3.92. The van der Waals surface area contributed by atoms with Crippen LogP contribution in [0.4, 0.5) is 0 Å². The Labute approximate surface area is 78.1 Å². The molecule has 0 spiro atoms. The second-order valence-electron chi connectivity index (χ2n) is 3.37. The van der Waals surface area contributed by atoms with Crippen LogP contribution in [0.5, 0.6) is 0 Å². The fraction of sp³-hybridized carbons (Fsp3) is 0.778. The van der Waals surface area contributed by atoms with E-state index < -0.39 is 0 Å². The molecule has 1 fully saturated rings. The molecule has 0 radical (unpaired) electrons. The van der Waals surface area contributed by atoms with E-state index in [1.54, 1.807) is 0 Å². The molecule has 74 valence electrons. The van der Waals surface area contributed by atoms with E-state index >= 15 is 0 Å². The first-order chi connectivity index (χ1) is 6.33. The van der Waals surface area contributed by atoms with Crippen LogP contribution in [-0.4, -0.2) is 24.9 Å². The van der Waals surface area contributed by atoms with Crippen molar-refractivity contribution >= 4 is 12.3 Å². The van der Waals surface area contributed by atoms with Crippen molar-refractivity contribution in [3.63, 3.8) is 0 Å². The van der Waals surface area contributed by atoms with Crippen molar-refractivity contribution < 1.29 is 9.59 Å². The minimum absolute atomic E-state index is 0.0428. The van der Waals surface area contributed by atoms with E-state index in [0.29, 0.717) is 25.4 Å². The average molecular weight is 184 g/mol. The van der Waals surface area contributed by atoms with Gasteiger partial charge in [-0.3, -0.25) is 9.59 Å². The number of carbonyl (C=O) groups is 2. The van der Waals surface area contributed by atoms with Crippen molar-refractivity contribution in [2.75, 3.05) is 6.54 Å². The minimum atomic E-state index is 0.0428. The molecule has 0 aromatic heterocycles. The zero-order valence-electron chi connectivity index (χ0n) is 7.71. The second-order valence-corrected chi connectivity index (χ2v) is 3.37. The summed E-state index contributed by atoms with van der Waals surface area (Å²) in [5, 5.41) is 5.41. The molecule has 2 amide bonds. The van der Waals surface area contributed by atoms with Crippen LogP contribution in [0.15, 0.2) is 0 Å². The molecule has 0 aromatic carbocycles. The molecule has 0 unspecified atom stereocenters. The van der Waals surface area contributed by atoms with Crippen LogP contribution in [0.1, 0.15) is 32.1 Å². The lowest BCUT2D eigenvalue weighted by Crippen LogP contribution is -2.34. The normalized spacial score (nSPS) is 16.9. The summed E-state index contributed by atoms with van der Waals surface area (Å²) in [6.07, 6.45) is 5.65. The van der Waals surface area contributed by atoms with E-state index in [1.165, 1.54) is 12.8 Å². The molecule has 0 bridgehead atoms. The standard InChI is InChI=1S/C9H16N2O2/c12-7-10-6-5-9(13)11-8-3-1-2-4-8/h7-8H,1-6H2,(H,10,12)(H,11,13). The summed E-state index contributed by atoms with van der Waals surface area (Å²) in [7, 11) is 0. The molecular formula is C9H16N2O2. The van der Waals surface area contributed by atoms with Crippen LogP contribution < -0.4 is 10.6 Å². The maximum atomic E-state index is 11.2. The average Bonchev–Trinajstić information content (AvgIpc) is 2.57. The van der Waals surface area contributed by atoms with Crippen molar-refractivity contribution in [1.29, 1.82) is 0 Å². The van der Waals surface area contributed by atoms with Gasteiger partial charge in [0, 0.05) is 19.0 Å². The molecule has 0 aliphatic heterocycles. The van der Waals surface area contributed by atoms with Crippen molar-refractivity contribution in [3.8, 4) is 0 Å². The van der Waals surface area contributed by atoms with Gasteiger partial charge in [-0.05, 0) is 12.8 Å². The van der Waals surface area contributed by atoms with Crippen LogP contribution in [0.3, 0.4) is 0 Å². The highest BCUT2D eigenvalue weighted by Gasteiger charge is 2.16. The number of amides is 2. The Bertz CT molecular complexity index is 176. The zero-order chi connectivity index (χ0) is 9.52. The number of hydrogen-bond acceptors (Lipinski definition) is 2. The molecule has 2 N–H and O–H groups in total. The third-order valence-electron chi connectivity index (χ3n) is 2.30. The van der Waals surface area contributed by atoms with Crippen molar-refractivity contribution in [3.05, 3.63) is 0 Å². The zero-order valence-corrected chi connectivity index (χ0v) is 7.71. The van der Waals surface area contributed by atoms with E-state index in [1.807, 2.05) is 0 Å². The molecule has 4 heteroatoms. The van der Waals surface area contributed by atoms with E-state index in [0.717, 1.165) is 12.8 Å². The molecule has 0 heterocycles. The Hall–Kier alpha value is -1.06. The van der Waals surface area contributed by atoms with Gasteiger partial charge in [-0.1, -0.05) is 12.8 Å². The molecule has 1 rings (SSSR count). The first-order valence-corrected chi connectivity index (χ1v) is 4.79. The molecule has 0 atom stereocenters. The van der Waals surface area contributed by atoms with E-state index in [9.17, 15) is 9.59 Å². The summed E-state index contributed by atoms with van der Waals surface area (Å²) in [6.45, 7) is 0.433. The third-order valence-corrected chi connectivity index (χ3v) is 2.30. The van der Waals surface area contributed by atoms with E-state index in [4.69, 9.17) is 0 Å². The molecule has 1 aliphatic carbocycles. The summed E-state index contributed by atoms with van der Waals surface area (Å²) in [5.41, 5.74) is 0. The van der Waals surface area contributed by atoms with Gasteiger partial charge in [0.15, 0.2) is 0 Å². The van der Waals surface area contributed by atoms with Gasteiger partial charge in [-0.2, -0.15) is 0 Å². The first-order valence-electron chi connectivity index (χ1n) is 4.79. The first kappa shape index (κ1) is 10.0. The Morgan fingerprint density at radius 3 is 2.69 bits per heavy atom. The molecule has 0 aromatic rings. The van der Waals surface area contributed by atoms with Crippen LogP contribution in [-0.2, 0) is 9.59 Å². The minimum Gasteiger partial charge on any atom is -0.358 e. The molecule has 0 saturated heterocycles. The summed E-state index contributed by atoms with van der Waals surface area (Å²) >= 11 is 0. The van der Waals surface area contributed by atoms with Gasteiger partial charge in [0.2, 0.25) is 12.3 Å². The Morgan fingerprint density at radius 2 is 2.08 bits per heavy atom.